The summed E-state index contributed by atoms with van der Waals surface area (Å²) in [7, 11) is -3.82. The van der Waals surface area contributed by atoms with E-state index in [0.29, 0.717) is 29.6 Å². The lowest BCUT2D eigenvalue weighted by Gasteiger charge is -2.31. The number of nitrogens with zero attached hydrogens (tertiary/aromatic N) is 1. The second-order valence-electron chi connectivity index (χ2n) is 7.00. The van der Waals surface area contributed by atoms with Crippen LogP contribution in [-0.4, -0.2) is 32.4 Å². The molecule has 28 heavy (non-hydrogen) atoms. The van der Waals surface area contributed by atoms with E-state index in [2.05, 4.69) is 0 Å². The third-order valence-electron chi connectivity index (χ3n) is 4.69. The van der Waals surface area contributed by atoms with Crippen molar-refractivity contribution in [3.8, 4) is 0 Å². The number of aryl methyl sites for hydroxylation is 1. The fraction of sp³-hybridized carbons (Fsp3) is 0.350. The Bertz CT molecular complexity index is 940. The first-order valence-corrected chi connectivity index (χ1v) is 11.1. The van der Waals surface area contributed by atoms with Crippen LogP contribution in [0, 0.1) is 12.8 Å². The first-order chi connectivity index (χ1) is 13.2. The summed E-state index contributed by atoms with van der Waals surface area (Å²) in [5.41, 5.74) is 1.83. The number of benzene rings is 2. The fourth-order valence-corrected chi connectivity index (χ4v) is 4.68. The highest BCUT2D eigenvalue weighted by atomic mass is 35.5. The van der Waals surface area contributed by atoms with Gasteiger partial charge in [0.2, 0.25) is 5.91 Å². The summed E-state index contributed by atoms with van der Waals surface area (Å²) >= 11 is 12.0. The minimum atomic E-state index is -3.82. The molecule has 1 saturated heterocycles. The molecule has 0 radical (unpaired) electrons. The van der Waals surface area contributed by atoms with Crippen molar-refractivity contribution in [1.29, 1.82) is 0 Å². The van der Waals surface area contributed by atoms with Crippen LogP contribution in [0.5, 0.6) is 0 Å². The Morgan fingerprint density at radius 1 is 1.11 bits per heavy atom. The van der Waals surface area contributed by atoms with Gasteiger partial charge in [-0.1, -0.05) is 40.9 Å². The van der Waals surface area contributed by atoms with Crippen molar-refractivity contribution in [1.82, 2.24) is 4.90 Å². The fourth-order valence-electron chi connectivity index (χ4n) is 3.13. The number of piperidine rings is 1. The zero-order chi connectivity index (χ0) is 20.3. The molecule has 1 unspecified atom stereocenters. The molecule has 0 saturated carbocycles. The van der Waals surface area contributed by atoms with Gasteiger partial charge in [0.1, 0.15) is 0 Å². The summed E-state index contributed by atoms with van der Waals surface area (Å²) in [4.78, 5) is 14.3. The molecule has 1 aliphatic rings. The first kappa shape index (κ1) is 21.1. The van der Waals surface area contributed by atoms with Crippen molar-refractivity contribution in [3.63, 3.8) is 0 Å². The number of rotatable bonds is 6. The third-order valence-corrected chi connectivity index (χ3v) is 6.42. The molecule has 8 heteroatoms. The van der Waals surface area contributed by atoms with E-state index in [-0.39, 0.29) is 29.7 Å². The number of halogens is 2. The molecule has 0 bridgehead atoms. The lowest BCUT2D eigenvalue weighted by Crippen LogP contribution is -2.39. The Hall–Kier alpha value is -1.60. The minimum Gasteiger partial charge on any atom is -0.338 e. The first-order valence-electron chi connectivity index (χ1n) is 8.92. The molecular weight excluding hydrogens is 421 g/mol. The molecular formula is C20H21Cl2NO4S. The van der Waals surface area contributed by atoms with Crippen molar-refractivity contribution in [2.45, 2.75) is 31.2 Å². The van der Waals surface area contributed by atoms with Gasteiger partial charge in [-0.15, -0.1) is 0 Å². The molecule has 0 spiro atoms. The lowest BCUT2D eigenvalue weighted by molar-refractivity contribution is -0.136. The number of carbonyl (C=O) groups excluding carboxylic acids is 1. The van der Waals surface area contributed by atoms with Crippen LogP contribution in [0.2, 0.25) is 10.0 Å². The molecule has 1 amide bonds. The van der Waals surface area contributed by atoms with Gasteiger partial charge >= 0.3 is 0 Å². The molecule has 1 atom stereocenters. The zero-order valence-corrected chi connectivity index (χ0v) is 17.7. The highest BCUT2D eigenvalue weighted by Crippen LogP contribution is 2.25. The maximum atomic E-state index is 12.5. The van der Waals surface area contributed by atoms with E-state index in [0.717, 1.165) is 11.1 Å². The van der Waals surface area contributed by atoms with Gasteiger partial charge in [-0.05, 0) is 55.2 Å². The predicted octanol–water partition coefficient (Wildman–Crippen LogP) is 4.45. The van der Waals surface area contributed by atoms with E-state index in [1.807, 2.05) is 6.92 Å². The summed E-state index contributed by atoms with van der Waals surface area (Å²) in [6.07, 6.45) is 0.918. The predicted molar refractivity (Wildman–Crippen MR) is 109 cm³/mol. The molecule has 0 aliphatic carbocycles. The second kappa shape index (κ2) is 8.82. The van der Waals surface area contributed by atoms with Crippen molar-refractivity contribution >= 4 is 39.2 Å². The molecule has 1 heterocycles. The normalized spacial score (nSPS) is 17.8. The van der Waals surface area contributed by atoms with E-state index in [4.69, 9.17) is 27.4 Å². The van der Waals surface area contributed by atoms with Gasteiger partial charge < -0.3 is 4.90 Å². The smallest absolute Gasteiger partial charge is 0.296 e. The molecule has 0 aromatic heterocycles. The van der Waals surface area contributed by atoms with E-state index in [1.165, 1.54) is 12.1 Å². The van der Waals surface area contributed by atoms with Crippen LogP contribution in [-0.2, 0) is 25.6 Å². The summed E-state index contributed by atoms with van der Waals surface area (Å²) in [5.74, 6) is -0.171. The minimum absolute atomic E-state index is 0.00121. The summed E-state index contributed by atoms with van der Waals surface area (Å²) in [6.45, 7) is 2.84. The number of carbonyl (C=O) groups is 1. The Morgan fingerprint density at radius 2 is 1.75 bits per heavy atom. The second-order valence-corrected chi connectivity index (χ2v) is 9.49. The van der Waals surface area contributed by atoms with Gasteiger partial charge in [0.05, 0.1) is 11.5 Å². The van der Waals surface area contributed by atoms with Gasteiger partial charge in [0, 0.05) is 29.6 Å². The molecule has 2 aromatic carbocycles. The van der Waals surface area contributed by atoms with Crippen LogP contribution in [0.15, 0.2) is 47.4 Å². The Labute approximate surface area is 175 Å². The molecule has 3 rings (SSSR count). The van der Waals surface area contributed by atoms with E-state index in [9.17, 15) is 13.2 Å². The summed E-state index contributed by atoms with van der Waals surface area (Å²) in [5, 5.41) is 1.05. The molecule has 2 aromatic rings. The van der Waals surface area contributed by atoms with Crippen LogP contribution in [0.25, 0.3) is 0 Å². The van der Waals surface area contributed by atoms with Crippen molar-refractivity contribution < 1.29 is 17.4 Å². The largest absolute Gasteiger partial charge is 0.338 e. The lowest BCUT2D eigenvalue weighted by atomic mass is 9.97. The zero-order valence-electron chi connectivity index (χ0n) is 15.4. The summed E-state index contributed by atoms with van der Waals surface area (Å²) < 4.78 is 29.8. The van der Waals surface area contributed by atoms with Crippen molar-refractivity contribution in [3.05, 3.63) is 63.6 Å². The van der Waals surface area contributed by atoms with Crippen LogP contribution >= 0.6 is 23.2 Å². The van der Waals surface area contributed by atoms with Crippen molar-refractivity contribution in [2.24, 2.45) is 5.92 Å². The SMILES string of the molecule is Cc1ccc(S(=O)(=O)OCC2CCN(Cc3cc(Cl)cc(Cl)c3)C(=O)C2)cc1. The standard InChI is InChI=1S/C20H21Cl2NO4S/c1-14-2-4-19(5-3-14)28(25,26)27-13-15-6-7-23(20(24)10-15)12-16-8-17(21)11-18(22)9-16/h2-5,8-9,11,15H,6-7,10,12-13H2,1H3. The van der Waals surface area contributed by atoms with Crippen LogP contribution in [0.1, 0.15) is 24.0 Å². The number of hydrogen-bond acceptors (Lipinski definition) is 4. The van der Waals surface area contributed by atoms with Crippen molar-refractivity contribution in [2.75, 3.05) is 13.2 Å². The van der Waals surface area contributed by atoms with Gasteiger partial charge in [0.15, 0.2) is 0 Å². The van der Waals surface area contributed by atoms with Crippen LogP contribution in [0.4, 0.5) is 0 Å². The van der Waals surface area contributed by atoms with Crippen LogP contribution in [0.3, 0.4) is 0 Å². The van der Waals surface area contributed by atoms with Gasteiger partial charge in [0.25, 0.3) is 10.1 Å². The average Bonchev–Trinajstić information content (AvgIpc) is 2.62. The van der Waals surface area contributed by atoms with E-state index >= 15 is 0 Å². The molecule has 1 aliphatic heterocycles. The van der Waals surface area contributed by atoms with E-state index < -0.39 is 10.1 Å². The Kier molecular flexibility index (Phi) is 6.65. The highest BCUT2D eigenvalue weighted by Gasteiger charge is 2.28. The van der Waals surface area contributed by atoms with E-state index in [1.54, 1.807) is 35.2 Å². The average molecular weight is 442 g/mol. The maximum absolute atomic E-state index is 12.5. The highest BCUT2D eigenvalue weighted by molar-refractivity contribution is 7.86. The molecule has 150 valence electrons. The molecule has 0 N–H and O–H groups in total. The molecule has 5 nitrogen and oxygen atoms in total. The van der Waals surface area contributed by atoms with Gasteiger partial charge in [-0.25, -0.2) is 0 Å². The number of amides is 1. The van der Waals surface area contributed by atoms with Gasteiger partial charge in [-0.2, -0.15) is 8.42 Å². The Morgan fingerprint density at radius 3 is 2.36 bits per heavy atom. The maximum Gasteiger partial charge on any atom is 0.296 e. The third kappa shape index (κ3) is 5.47. The number of likely N-dealkylation sites (tertiary alicyclic amines) is 1. The quantitative estimate of drug-likeness (QED) is 0.621. The Balaban J connectivity index is 1.55. The monoisotopic (exact) mass is 441 g/mol. The van der Waals surface area contributed by atoms with Crippen LogP contribution < -0.4 is 0 Å². The summed E-state index contributed by atoms with van der Waals surface area (Å²) in [6, 6.07) is 11.7. The van der Waals surface area contributed by atoms with Gasteiger partial charge in [-0.3, -0.25) is 8.98 Å². The number of hydrogen-bond donors (Lipinski definition) is 0. The molecule has 1 fully saturated rings. The topological polar surface area (TPSA) is 63.7 Å².